The first-order valence-corrected chi connectivity index (χ1v) is 12.3. The lowest BCUT2D eigenvalue weighted by Crippen LogP contribution is -2.17. The highest BCUT2D eigenvalue weighted by Gasteiger charge is 2.30. The first-order chi connectivity index (χ1) is 15.7. The van der Waals surface area contributed by atoms with E-state index in [4.69, 9.17) is 4.74 Å². The molecule has 0 radical (unpaired) electrons. The maximum absolute atomic E-state index is 13.0. The summed E-state index contributed by atoms with van der Waals surface area (Å²) in [6.07, 6.45) is 5.39. The number of carbonyl (C=O) groups excluding carboxylic acids is 2. The molecule has 1 N–H and O–H groups in total. The Morgan fingerprint density at radius 3 is 2.52 bits per heavy atom. The molecule has 1 aromatic carbocycles. The summed E-state index contributed by atoms with van der Waals surface area (Å²) in [6, 6.07) is 9.84. The third-order valence-corrected chi connectivity index (χ3v) is 7.27. The molecule has 1 atom stereocenters. The molecule has 1 heterocycles. The van der Waals surface area contributed by atoms with Gasteiger partial charge in [-0.05, 0) is 60.3 Å². The molecule has 1 aromatic heterocycles. The van der Waals surface area contributed by atoms with Gasteiger partial charge in [-0.1, -0.05) is 58.4 Å². The van der Waals surface area contributed by atoms with Crippen LogP contribution in [0.5, 0.6) is 0 Å². The monoisotopic (exact) mass is 464 g/mol. The maximum atomic E-state index is 13.0. The Bertz CT molecular complexity index is 1100. The van der Waals surface area contributed by atoms with Gasteiger partial charge >= 0.3 is 5.97 Å². The highest BCUT2D eigenvalue weighted by atomic mass is 32.1. The van der Waals surface area contributed by atoms with E-state index in [1.807, 2.05) is 30.3 Å². The lowest BCUT2D eigenvalue weighted by atomic mass is 9.85. The van der Waals surface area contributed by atoms with E-state index in [9.17, 15) is 14.9 Å². The Labute approximate surface area is 200 Å². The lowest BCUT2D eigenvalue weighted by Gasteiger charge is -2.20. The highest BCUT2D eigenvalue weighted by Crippen LogP contribution is 2.41. The van der Waals surface area contributed by atoms with Crippen LogP contribution in [0.1, 0.15) is 79.4 Å². The third kappa shape index (κ3) is 5.72. The number of hydrogen-bond donors (Lipinski definition) is 1. The fourth-order valence-corrected chi connectivity index (χ4v) is 5.42. The summed E-state index contributed by atoms with van der Waals surface area (Å²) in [5, 5.41) is 13.0. The van der Waals surface area contributed by atoms with Gasteiger partial charge in [0.05, 0.1) is 12.2 Å². The van der Waals surface area contributed by atoms with Gasteiger partial charge in [-0.3, -0.25) is 4.79 Å². The zero-order valence-electron chi connectivity index (χ0n) is 20.1. The molecule has 0 spiro atoms. The second-order valence-corrected chi connectivity index (χ2v) is 10.5. The molecule has 33 heavy (non-hydrogen) atoms. The number of nitriles is 1. The molecule has 1 aliphatic carbocycles. The molecular formula is C27H32N2O3S. The average Bonchev–Trinajstić information content (AvgIpc) is 3.14. The van der Waals surface area contributed by atoms with Crippen molar-refractivity contribution in [2.75, 3.05) is 11.9 Å². The van der Waals surface area contributed by atoms with Crippen LogP contribution < -0.4 is 5.32 Å². The number of amides is 1. The minimum absolute atomic E-state index is 0.00822. The molecule has 5 nitrogen and oxygen atoms in total. The summed E-state index contributed by atoms with van der Waals surface area (Å²) in [5.41, 5.74) is 3.40. The van der Waals surface area contributed by atoms with Gasteiger partial charge in [0.1, 0.15) is 16.6 Å². The van der Waals surface area contributed by atoms with Crippen molar-refractivity contribution < 1.29 is 14.3 Å². The molecule has 1 amide bonds. The average molecular weight is 465 g/mol. The van der Waals surface area contributed by atoms with Crippen LogP contribution in [0.3, 0.4) is 0 Å². The number of nitrogens with one attached hydrogen (secondary N) is 1. The van der Waals surface area contributed by atoms with Crippen LogP contribution >= 0.6 is 11.3 Å². The summed E-state index contributed by atoms with van der Waals surface area (Å²) < 4.78 is 5.29. The summed E-state index contributed by atoms with van der Waals surface area (Å²) in [7, 11) is 0. The molecule has 0 saturated carbocycles. The number of thiophene rings is 1. The normalized spacial score (nSPS) is 16.0. The van der Waals surface area contributed by atoms with Crippen molar-refractivity contribution >= 4 is 34.3 Å². The quantitative estimate of drug-likeness (QED) is 0.310. The minimum Gasteiger partial charge on any atom is -0.462 e. The molecule has 0 bridgehead atoms. The number of anilines is 1. The van der Waals surface area contributed by atoms with Crippen LogP contribution in [-0.4, -0.2) is 18.5 Å². The van der Waals surface area contributed by atoms with E-state index in [0.717, 1.165) is 41.7 Å². The van der Waals surface area contributed by atoms with Crippen LogP contribution in [-0.2, 0) is 27.8 Å². The summed E-state index contributed by atoms with van der Waals surface area (Å²) in [5.74, 6) is -0.352. The Kier molecular flexibility index (Phi) is 7.76. The van der Waals surface area contributed by atoms with Gasteiger partial charge < -0.3 is 10.1 Å². The number of carbonyl (C=O) groups is 2. The van der Waals surface area contributed by atoms with E-state index in [2.05, 4.69) is 33.0 Å². The predicted molar refractivity (Wildman–Crippen MR) is 133 cm³/mol. The summed E-state index contributed by atoms with van der Waals surface area (Å²) >= 11 is 1.43. The van der Waals surface area contributed by atoms with Gasteiger partial charge in [0.2, 0.25) is 0 Å². The smallest absolute Gasteiger partial charge is 0.341 e. The number of benzene rings is 1. The molecule has 0 saturated heterocycles. The van der Waals surface area contributed by atoms with Crippen molar-refractivity contribution in [1.29, 1.82) is 5.26 Å². The van der Waals surface area contributed by atoms with Crippen LogP contribution in [0.25, 0.3) is 6.08 Å². The molecule has 2 aromatic rings. The Morgan fingerprint density at radius 2 is 1.94 bits per heavy atom. The fourth-order valence-electron chi connectivity index (χ4n) is 4.07. The van der Waals surface area contributed by atoms with E-state index in [-0.39, 0.29) is 17.6 Å². The van der Waals surface area contributed by atoms with Gasteiger partial charge in [-0.15, -0.1) is 11.3 Å². The Hall–Kier alpha value is -2.91. The molecule has 174 valence electrons. The lowest BCUT2D eigenvalue weighted by molar-refractivity contribution is -0.112. The largest absolute Gasteiger partial charge is 0.462 e. The van der Waals surface area contributed by atoms with Crippen molar-refractivity contribution in [3.63, 3.8) is 0 Å². The minimum atomic E-state index is -0.520. The molecule has 1 unspecified atom stereocenters. The SMILES string of the molecule is CCOC(=O)c1c(NC(=O)/C(C#N)=C/c2ccc(C(C)(C)C)cc2)sc2c1CCC(CC)C2. The number of esters is 1. The van der Waals surface area contributed by atoms with Crippen LogP contribution in [0.2, 0.25) is 0 Å². The zero-order valence-corrected chi connectivity index (χ0v) is 20.9. The summed E-state index contributed by atoms with van der Waals surface area (Å²) in [4.78, 5) is 26.9. The first-order valence-electron chi connectivity index (χ1n) is 11.5. The number of ether oxygens (including phenoxy) is 1. The highest BCUT2D eigenvalue weighted by molar-refractivity contribution is 7.17. The van der Waals surface area contributed by atoms with Crippen LogP contribution in [0.15, 0.2) is 29.8 Å². The van der Waals surface area contributed by atoms with Gasteiger partial charge in [0.15, 0.2) is 0 Å². The van der Waals surface area contributed by atoms with E-state index >= 15 is 0 Å². The zero-order chi connectivity index (χ0) is 24.2. The number of nitrogens with zero attached hydrogens (tertiary/aromatic N) is 1. The Balaban J connectivity index is 1.89. The summed E-state index contributed by atoms with van der Waals surface area (Å²) in [6.45, 7) is 10.6. The third-order valence-electron chi connectivity index (χ3n) is 6.10. The van der Waals surface area contributed by atoms with E-state index in [0.29, 0.717) is 16.5 Å². The van der Waals surface area contributed by atoms with Crippen molar-refractivity contribution in [3.05, 3.63) is 57.0 Å². The van der Waals surface area contributed by atoms with Crippen LogP contribution in [0.4, 0.5) is 5.00 Å². The van der Waals surface area contributed by atoms with Gasteiger partial charge in [-0.25, -0.2) is 4.79 Å². The maximum Gasteiger partial charge on any atom is 0.341 e. The second-order valence-electron chi connectivity index (χ2n) is 9.44. The van der Waals surface area contributed by atoms with Crippen molar-refractivity contribution in [3.8, 4) is 6.07 Å². The van der Waals surface area contributed by atoms with Crippen molar-refractivity contribution in [2.24, 2.45) is 5.92 Å². The molecule has 3 rings (SSSR count). The molecule has 0 fully saturated rings. The molecule has 0 aliphatic heterocycles. The van der Waals surface area contributed by atoms with E-state index < -0.39 is 11.9 Å². The van der Waals surface area contributed by atoms with E-state index in [1.165, 1.54) is 16.9 Å². The second kappa shape index (κ2) is 10.4. The van der Waals surface area contributed by atoms with Gasteiger partial charge in [0.25, 0.3) is 5.91 Å². The number of fused-ring (bicyclic) bond motifs is 1. The van der Waals surface area contributed by atoms with Gasteiger partial charge in [0, 0.05) is 4.88 Å². The van der Waals surface area contributed by atoms with E-state index in [1.54, 1.807) is 13.0 Å². The van der Waals surface area contributed by atoms with Crippen molar-refractivity contribution in [2.45, 2.75) is 65.7 Å². The number of rotatable bonds is 6. The first kappa shape index (κ1) is 24.7. The predicted octanol–water partition coefficient (Wildman–Crippen LogP) is 6.28. The molecule has 6 heteroatoms. The standard InChI is InChI=1S/C27H32N2O3S/c1-6-17-10-13-21-22(15-17)33-25(23(21)26(31)32-7-2)29-24(30)19(16-28)14-18-8-11-20(12-9-18)27(3,4)5/h8-9,11-12,14,17H,6-7,10,13,15H2,1-5H3,(H,29,30)/b19-14+. The molecular weight excluding hydrogens is 432 g/mol. The fraction of sp³-hybridized carbons (Fsp3) is 0.444. The van der Waals surface area contributed by atoms with Crippen LogP contribution in [0, 0.1) is 17.2 Å². The Morgan fingerprint density at radius 1 is 1.24 bits per heavy atom. The number of hydrogen-bond acceptors (Lipinski definition) is 5. The topological polar surface area (TPSA) is 79.2 Å². The van der Waals surface area contributed by atoms with Crippen molar-refractivity contribution in [1.82, 2.24) is 0 Å². The van der Waals surface area contributed by atoms with Gasteiger partial charge in [-0.2, -0.15) is 5.26 Å². The molecule has 1 aliphatic rings.